The molecule has 0 radical (unpaired) electrons. The summed E-state index contributed by atoms with van der Waals surface area (Å²) < 4.78 is 21.6. The lowest BCUT2D eigenvalue weighted by atomic mass is 10.1. The van der Waals surface area contributed by atoms with E-state index < -0.39 is 29.4 Å². The van der Waals surface area contributed by atoms with E-state index in [2.05, 4.69) is 5.32 Å². The summed E-state index contributed by atoms with van der Waals surface area (Å²) in [6, 6.07) is 21.0. The largest absolute Gasteiger partial charge is 0.457 e. The number of nitrogens with one attached hydrogen (secondary N) is 2. The van der Waals surface area contributed by atoms with Gasteiger partial charge in [0.25, 0.3) is 5.69 Å². The Morgan fingerprint density at radius 3 is 2.26 bits per heavy atom. The third kappa shape index (κ3) is 9.81. The number of benzene rings is 3. The van der Waals surface area contributed by atoms with Crippen molar-refractivity contribution in [3.63, 3.8) is 0 Å². The minimum atomic E-state index is -0.879. The number of piperidine rings is 1. The number of para-hydroxylation sites is 1. The van der Waals surface area contributed by atoms with Crippen LogP contribution in [0.15, 0.2) is 78.9 Å². The van der Waals surface area contributed by atoms with Gasteiger partial charge >= 0.3 is 18.3 Å². The van der Waals surface area contributed by atoms with Gasteiger partial charge in [-0.25, -0.2) is 14.4 Å². The third-order valence-electron chi connectivity index (χ3n) is 6.06. The van der Waals surface area contributed by atoms with Gasteiger partial charge in [0.2, 0.25) is 0 Å². The lowest BCUT2D eigenvalue weighted by molar-refractivity contribution is -0.384. The highest BCUT2D eigenvalue weighted by Gasteiger charge is 2.31. The molecule has 1 unspecified atom stereocenters. The average molecular weight is 595 g/mol. The van der Waals surface area contributed by atoms with Gasteiger partial charge in [-0.05, 0) is 67.8 Å². The Morgan fingerprint density at radius 2 is 1.53 bits per heavy atom. The van der Waals surface area contributed by atoms with Gasteiger partial charge in [0.1, 0.15) is 17.2 Å². The number of hydrogen-bond acceptors (Lipinski definition) is 10. The van der Waals surface area contributed by atoms with E-state index in [0.717, 1.165) is 12.8 Å². The number of carbonyl (C=O) groups excluding carboxylic acids is 3. The van der Waals surface area contributed by atoms with E-state index in [9.17, 15) is 24.5 Å². The number of nitrogens with zero attached hydrogens (tertiary/aromatic N) is 2. The van der Waals surface area contributed by atoms with Crippen LogP contribution in [0.1, 0.15) is 25.7 Å². The summed E-state index contributed by atoms with van der Waals surface area (Å²) in [5, 5.41) is 13.2. The van der Waals surface area contributed by atoms with Crippen molar-refractivity contribution in [3.8, 4) is 23.0 Å². The minimum absolute atomic E-state index is 0.0349. The van der Waals surface area contributed by atoms with Gasteiger partial charge in [-0.15, -0.1) is 0 Å². The van der Waals surface area contributed by atoms with Crippen LogP contribution >= 0.6 is 0 Å². The first-order valence-corrected chi connectivity index (χ1v) is 13.5. The molecule has 1 saturated heterocycles. The molecule has 0 aromatic heterocycles. The fourth-order valence-electron chi connectivity index (χ4n) is 3.95. The number of amides is 3. The van der Waals surface area contributed by atoms with Crippen molar-refractivity contribution >= 4 is 24.0 Å². The highest BCUT2D eigenvalue weighted by atomic mass is 16.7. The lowest BCUT2D eigenvalue weighted by Gasteiger charge is -2.33. The molecule has 0 spiro atoms. The lowest BCUT2D eigenvalue weighted by Crippen LogP contribution is -2.48. The van der Waals surface area contributed by atoms with E-state index >= 15 is 0 Å². The van der Waals surface area contributed by atoms with Crippen molar-refractivity contribution in [2.75, 3.05) is 19.7 Å². The SMILES string of the molecule is O=C(NOc1ccc([N+](=O)[O-])cc1)OCCCNC(=O)OC1CCCCN1C(=O)Oc1ccc(Oc2ccccc2)cc1. The van der Waals surface area contributed by atoms with Gasteiger partial charge in [0.05, 0.1) is 11.5 Å². The third-order valence-corrected chi connectivity index (χ3v) is 6.06. The molecule has 1 heterocycles. The van der Waals surface area contributed by atoms with Crippen molar-refractivity contribution in [1.82, 2.24) is 15.7 Å². The van der Waals surface area contributed by atoms with Crippen LogP contribution in [0.3, 0.4) is 0 Å². The topological polar surface area (TPSA) is 168 Å². The summed E-state index contributed by atoms with van der Waals surface area (Å²) in [6.45, 7) is 0.480. The van der Waals surface area contributed by atoms with Crippen LogP contribution in [0, 0.1) is 10.1 Å². The average Bonchev–Trinajstić information content (AvgIpc) is 3.01. The molecule has 14 heteroatoms. The molecule has 1 aliphatic rings. The predicted octanol–water partition coefficient (Wildman–Crippen LogP) is 5.53. The summed E-state index contributed by atoms with van der Waals surface area (Å²) in [7, 11) is 0. The van der Waals surface area contributed by atoms with Crippen LogP contribution in [-0.4, -0.2) is 54.0 Å². The zero-order chi connectivity index (χ0) is 30.4. The molecule has 0 bridgehead atoms. The highest BCUT2D eigenvalue weighted by molar-refractivity contribution is 5.72. The summed E-state index contributed by atoms with van der Waals surface area (Å²) in [6.07, 6.45) is -0.768. The summed E-state index contributed by atoms with van der Waals surface area (Å²) >= 11 is 0. The van der Waals surface area contributed by atoms with Gasteiger partial charge in [0, 0.05) is 31.6 Å². The molecule has 3 aromatic rings. The fourth-order valence-corrected chi connectivity index (χ4v) is 3.95. The van der Waals surface area contributed by atoms with E-state index in [1.54, 1.807) is 24.3 Å². The van der Waals surface area contributed by atoms with E-state index in [1.165, 1.54) is 29.2 Å². The number of nitro groups is 1. The monoisotopic (exact) mass is 594 g/mol. The van der Waals surface area contributed by atoms with Gasteiger partial charge in [-0.2, -0.15) is 5.48 Å². The summed E-state index contributed by atoms with van der Waals surface area (Å²) in [5.74, 6) is 1.77. The predicted molar refractivity (Wildman–Crippen MR) is 151 cm³/mol. The van der Waals surface area contributed by atoms with Gasteiger partial charge < -0.3 is 29.1 Å². The molecule has 226 valence electrons. The molecule has 0 saturated carbocycles. The minimum Gasteiger partial charge on any atom is -0.457 e. The molecule has 4 rings (SSSR count). The van der Waals surface area contributed by atoms with Gasteiger partial charge in [0.15, 0.2) is 12.0 Å². The maximum Gasteiger partial charge on any atom is 0.440 e. The van der Waals surface area contributed by atoms with Crippen LogP contribution in [0.2, 0.25) is 0 Å². The van der Waals surface area contributed by atoms with Crippen molar-refractivity contribution in [1.29, 1.82) is 0 Å². The van der Waals surface area contributed by atoms with Crippen molar-refractivity contribution < 1.29 is 43.1 Å². The molecule has 14 nitrogen and oxygen atoms in total. The van der Waals surface area contributed by atoms with Crippen LogP contribution in [0.4, 0.5) is 20.1 Å². The van der Waals surface area contributed by atoms with Crippen molar-refractivity contribution in [2.45, 2.75) is 31.9 Å². The first-order valence-electron chi connectivity index (χ1n) is 13.5. The first-order chi connectivity index (χ1) is 20.9. The molecule has 1 fully saturated rings. The molecular formula is C29H30N4O10. The second-order valence-electron chi connectivity index (χ2n) is 9.18. The number of alkyl carbamates (subject to hydrolysis) is 1. The number of carbonyl (C=O) groups is 3. The molecule has 1 atom stereocenters. The van der Waals surface area contributed by atoms with Crippen molar-refractivity contribution in [2.24, 2.45) is 0 Å². The Labute approximate surface area is 246 Å². The van der Waals surface area contributed by atoms with Gasteiger partial charge in [-0.1, -0.05) is 18.2 Å². The Hall–Kier alpha value is -5.53. The first kappa shape index (κ1) is 30.4. The van der Waals surface area contributed by atoms with Gasteiger partial charge in [-0.3, -0.25) is 15.0 Å². The highest BCUT2D eigenvalue weighted by Crippen LogP contribution is 2.25. The maximum atomic E-state index is 12.9. The Kier molecular flexibility index (Phi) is 10.9. The second-order valence-corrected chi connectivity index (χ2v) is 9.18. The zero-order valence-corrected chi connectivity index (χ0v) is 23.0. The molecule has 1 aliphatic heterocycles. The number of non-ortho nitro benzene ring substituents is 1. The molecule has 3 amide bonds. The van der Waals surface area contributed by atoms with Crippen LogP contribution in [-0.2, 0) is 9.47 Å². The number of nitro benzene ring substituents is 1. The molecule has 0 aliphatic carbocycles. The molecular weight excluding hydrogens is 564 g/mol. The normalized spacial score (nSPS) is 14.1. The number of likely N-dealkylation sites (tertiary alicyclic amines) is 1. The standard InChI is InChI=1S/C29H30N4O10/c34-27(30-18-6-20-39-28(35)31-43-25-12-10-21(11-13-25)33(37)38)42-26-9-4-5-19-32(26)29(36)41-24-16-14-23(15-17-24)40-22-7-2-1-3-8-22/h1-3,7-8,10-17,26H,4-6,9,18-20H2,(H,30,34)(H,31,35). The summed E-state index contributed by atoms with van der Waals surface area (Å²) in [4.78, 5) is 53.4. The Morgan fingerprint density at radius 1 is 0.860 bits per heavy atom. The summed E-state index contributed by atoms with van der Waals surface area (Å²) in [5.41, 5.74) is 1.93. The Bertz CT molecular complexity index is 1370. The molecule has 2 N–H and O–H groups in total. The molecule has 43 heavy (non-hydrogen) atoms. The van der Waals surface area contributed by atoms with Crippen LogP contribution in [0.25, 0.3) is 0 Å². The number of ether oxygens (including phenoxy) is 4. The van der Waals surface area contributed by atoms with Crippen LogP contribution < -0.4 is 25.1 Å². The van der Waals surface area contributed by atoms with Crippen molar-refractivity contribution in [3.05, 3.63) is 89.0 Å². The molecule has 3 aromatic carbocycles. The fraction of sp³-hybridized carbons (Fsp3) is 0.276. The number of hydrogen-bond donors (Lipinski definition) is 2. The number of hydroxylamine groups is 1. The van der Waals surface area contributed by atoms with E-state index in [4.69, 9.17) is 23.8 Å². The van der Waals surface area contributed by atoms with E-state index in [-0.39, 0.29) is 31.0 Å². The quantitative estimate of drug-likeness (QED) is 0.163. The second kappa shape index (κ2) is 15.5. The smallest absolute Gasteiger partial charge is 0.440 e. The van der Waals surface area contributed by atoms with E-state index in [1.807, 2.05) is 35.8 Å². The van der Waals surface area contributed by atoms with E-state index in [0.29, 0.717) is 30.2 Å². The maximum absolute atomic E-state index is 12.9. The number of rotatable bonds is 11. The van der Waals surface area contributed by atoms with Crippen LogP contribution in [0.5, 0.6) is 23.0 Å². The Balaban J connectivity index is 1.13. The zero-order valence-electron chi connectivity index (χ0n) is 23.0.